The van der Waals surface area contributed by atoms with Crippen molar-refractivity contribution in [3.05, 3.63) is 124 Å². The normalized spacial score (nSPS) is 20.3. The molecule has 236 valence electrons. The number of amides is 2. The molecule has 1 saturated carbocycles. The van der Waals surface area contributed by atoms with Gasteiger partial charge in [0.2, 0.25) is 0 Å². The topological polar surface area (TPSA) is 105 Å². The lowest BCUT2D eigenvalue weighted by atomic mass is 9.88. The van der Waals surface area contributed by atoms with E-state index in [4.69, 9.17) is 4.74 Å². The number of piperidine rings is 1. The number of carbonyl (C=O) groups is 2. The highest BCUT2D eigenvalue weighted by atomic mass is 19.1. The summed E-state index contributed by atoms with van der Waals surface area (Å²) in [4.78, 5) is 40.6. The van der Waals surface area contributed by atoms with Gasteiger partial charge in [0.25, 0.3) is 11.6 Å². The lowest BCUT2D eigenvalue weighted by Crippen LogP contribution is -2.48. The van der Waals surface area contributed by atoms with Crippen LogP contribution in [-0.4, -0.2) is 65.0 Å². The van der Waals surface area contributed by atoms with Crippen LogP contribution in [0, 0.1) is 21.8 Å². The average molecular weight is 615 g/mol. The first-order valence-corrected chi connectivity index (χ1v) is 15.4. The largest absolute Gasteiger partial charge is 0.445 e. The number of benzene rings is 3. The van der Waals surface area contributed by atoms with Gasteiger partial charge < -0.3 is 19.9 Å². The van der Waals surface area contributed by atoms with Gasteiger partial charge in [-0.15, -0.1) is 6.58 Å². The number of halogens is 1. The SMILES string of the molecule is C=CCN(C(=O)OCc1ccc([N+](=O)[O-])cc1)C1CCN(C[C@H]2C[C@H](NC(=O)c3cccc(F)c3)C[C@@H]2c2ccccc2)CC1. The van der Waals surface area contributed by atoms with Crippen LogP contribution in [-0.2, 0) is 11.3 Å². The molecule has 1 aliphatic heterocycles. The molecule has 1 saturated heterocycles. The molecule has 1 heterocycles. The van der Waals surface area contributed by atoms with Crippen LogP contribution in [0.1, 0.15) is 53.1 Å². The van der Waals surface area contributed by atoms with Gasteiger partial charge in [0.1, 0.15) is 12.4 Å². The van der Waals surface area contributed by atoms with E-state index in [2.05, 4.69) is 28.9 Å². The first-order chi connectivity index (χ1) is 21.8. The van der Waals surface area contributed by atoms with E-state index in [1.165, 1.54) is 29.8 Å². The van der Waals surface area contributed by atoms with Crippen molar-refractivity contribution in [1.82, 2.24) is 15.1 Å². The maximum Gasteiger partial charge on any atom is 0.410 e. The van der Waals surface area contributed by atoms with E-state index in [1.54, 1.807) is 35.2 Å². The van der Waals surface area contributed by atoms with Crippen LogP contribution in [0.3, 0.4) is 0 Å². The standard InChI is InChI=1S/C35H39FN4O5/c1-2-17-39(35(42)45-24-25-11-13-32(14-12-25)40(43)44)31-15-18-38(19-16-31)23-28-21-30(22-33(28)26-7-4-3-5-8-26)37-34(41)27-9-6-10-29(36)20-27/h2-14,20,28,30-31,33H,1,15-19,21-24H2,(H,37,41)/t28-,30+,33-/m1/s1. The Kier molecular flexibility index (Phi) is 10.6. The number of nitro benzene ring substituents is 1. The lowest BCUT2D eigenvalue weighted by Gasteiger charge is -2.39. The predicted octanol–water partition coefficient (Wildman–Crippen LogP) is 6.32. The van der Waals surface area contributed by atoms with Gasteiger partial charge in [0.15, 0.2) is 0 Å². The number of likely N-dealkylation sites (tertiary alicyclic amines) is 1. The monoisotopic (exact) mass is 614 g/mol. The van der Waals surface area contributed by atoms with Crippen LogP contribution >= 0.6 is 0 Å². The second-order valence-electron chi connectivity index (χ2n) is 11.9. The Hall–Kier alpha value is -4.57. The van der Waals surface area contributed by atoms with Gasteiger partial charge in [-0.1, -0.05) is 42.5 Å². The summed E-state index contributed by atoms with van der Waals surface area (Å²) in [5.74, 6) is -0.0661. The molecule has 0 bridgehead atoms. The summed E-state index contributed by atoms with van der Waals surface area (Å²) < 4.78 is 19.3. The number of nitro groups is 1. The smallest absolute Gasteiger partial charge is 0.410 e. The summed E-state index contributed by atoms with van der Waals surface area (Å²) >= 11 is 0. The molecule has 3 aromatic carbocycles. The number of hydrogen-bond donors (Lipinski definition) is 1. The Morgan fingerprint density at radius 2 is 1.78 bits per heavy atom. The maximum atomic E-state index is 13.7. The molecular formula is C35H39FN4O5. The first-order valence-electron chi connectivity index (χ1n) is 15.4. The molecule has 9 nitrogen and oxygen atoms in total. The molecule has 0 radical (unpaired) electrons. The fourth-order valence-corrected chi connectivity index (χ4v) is 6.65. The zero-order chi connectivity index (χ0) is 31.8. The Labute approximate surface area is 262 Å². The molecule has 45 heavy (non-hydrogen) atoms. The molecule has 2 fully saturated rings. The third-order valence-electron chi connectivity index (χ3n) is 8.90. The third-order valence-corrected chi connectivity index (χ3v) is 8.90. The first kappa shape index (κ1) is 31.8. The number of rotatable bonds is 11. The molecule has 5 rings (SSSR count). The highest BCUT2D eigenvalue weighted by Gasteiger charge is 2.38. The quantitative estimate of drug-likeness (QED) is 0.154. The molecule has 1 aliphatic carbocycles. The Morgan fingerprint density at radius 3 is 2.44 bits per heavy atom. The van der Waals surface area contributed by atoms with Crippen molar-refractivity contribution in [2.75, 3.05) is 26.2 Å². The van der Waals surface area contributed by atoms with Crippen molar-refractivity contribution in [2.45, 2.75) is 50.3 Å². The van der Waals surface area contributed by atoms with E-state index in [9.17, 15) is 24.1 Å². The van der Waals surface area contributed by atoms with Crippen LogP contribution < -0.4 is 5.32 Å². The fourth-order valence-electron chi connectivity index (χ4n) is 6.65. The summed E-state index contributed by atoms with van der Waals surface area (Å²) in [5.41, 5.74) is 2.25. The lowest BCUT2D eigenvalue weighted by molar-refractivity contribution is -0.384. The van der Waals surface area contributed by atoms with Crippen molar-refractivity contribution in [1.29, 1.82) is 0 Å². The average Bonchev–Trinajstić information content (AvgIpc) is 3.45. The van der Waals surface area contributed by atoms with Crippen molar-refractivity contribution in [3.63, 3.8) is 0 Å². The Balaban J connectivity index is 1.17. The molecule has 1 N–H and O–H groups in total. The van der Waals surface area contributed by atoms with Gasteiger partial charge in [-0.05, 0) is 79.0 Å². The van der Waals surface area contributed by atoms with Crippen LogP contribution in [0.4, 0.5) is 14.9 Å². The summed E-state index contributed by atoms with van der Waals surface area (Å²) in [7, 11) is 0. The predicted molar refractivity (Wildman–Crippen MR) is 169 cm³/mol. The van der Waals surface area contributed by atoms with Gasteiger partial charge in [0, 0.05) is 56.0 Å². The van der Waals surface area contributed by atoms with Crippen LogP contribution in [0.5, 0.6) is 0 Å². The third kappa shape index (κ3) is 8.33. The highest BCUT2D eigenvalue weighted by Crippen LogP contribution is 2.41. The van der Waals surface area contributed by atoms with Gasteiger partial charge in [0.05, 0.1) is 4.92 Å². The Bertz CT molecular complexity index is 1480. The summed E-state index contributed by atoms with van der Waals surface area (Å²) in [6, 6.07) is 22.1. The second kappa shape index (κ2) is 14.9. The summed E-state index contributed by atoms with van der Waals surface area (Å²) in [5, 5.41) is 14.0. The number of nitrogens with zero attached hydrogens (tertiary/aromatic N) is 3. The van der Waals surface area contributed by atoms with Crippen molar-refractivity contribution in [2.24, 2.45) is 5.92 Å². The molecule has 3 aromatic rings. The van der Waals surface area contributed by atoms with Gasteiger partial charge in [-0.2, -0.15) is 0 Å². The highest BCUT2D eigenvalue weighted by molar-refractivity contribution is 5.94. The van der Waals surface area contributed by atoms with E-state index in [-0.39, 0.29) is 36.2 Å². The molecule has 0 aromatic heterocycles. The molecule has 0 spiro atoms. The number of hydrogen-bond acceptors (Lipinski definition) is 6. The molecule has 3 atom stereocenters. The number of nitrogens with one attached hydrogen (secondary N) is 1. The molecular weight excluding hydrogens is 575 g/mol. The van der Waals surface area contributed by atoms with E-state index >= 15 is 0 Å². The summed E-state index contributed by atoms with van der Waals surface area (Å²) in [6.07, 6.45) is 4.51. The zero-order valence-corrected chi connectivity index (χ0v) is 25.2. The molecule has 2 amide bonds. The van der Waals surface area contributed by atoms with Gasteiger partial charge in [-0.3, -0.25) is 14.9 Å². The van der Waals surface area contributed by atoms with Crippen LogP contribution in [0.25, 0.3) is 0 Å². The second-order valence-corrected chi connectivity index (χ2v) is 11.9. The van der Waals surface area contributed by atoms with Crippen LogP contribution in [0.2, 0.25) is 0 Å². The number of ether oxygens (including phenoxy) is 1. The van der Waals surface area contributed by atoms with Gasteiger partial charge >= 0.3 is 6.09 Å². The molecule has 2 aliphatic rings. The molecule has 0 unspecified atom stereocenters. The number of carbonyl (C=O) groups excluding carboxylic acids is 2. The summed E-state index contributed by atoms with van der Waals surface area (Å²) in [6.45, 7) is 6.75. The van der Waals surface area contributed by atoms with Crippen molar-refractivity contribution < 1.29 is 23.6 Å². The minimum atomic E-state index is -0.464. The molecule has 10 heteroatoms. The van der Waals surface area contributed by atoms with Crippen molar-refractivity contribution in [3.8, 4) is 0 Å². The van der Waals surface area contributed by atoms with Crippen LogP contribution in [0.15, 0.2) is 91.5 Å². The van der Waals surface area contributed by atoms with E-state index in [1.807, 2.05) is 18.2 Å². The van der Waals surface area contributed by atoms with Crippen molar-refractivity contribution >= 4 is 17.7 Å². The fraction of sp³-hybridized carbons (Fsp3) is 0.371. The zero-order valence-electron chi connectivity index (χ0n) is 25.2. The minimum absolute atomic E-state index is 0.00964. The van der Waals surface area contributed by atoms with E-state index in [0.717, 1.165) is 45.3 Å². The van der Waals surface area contributed by atoms with E-state index in [0.29, 0.717) is 23.6 Å². The maximum absolute atomic E-state index is 13.7. The number of non-ortho nitro benzene ring substituents is 1. The Morgan fingerprint density at radius 1 is 1.04 bits per heavy atom. The minimum Gasteiger partial charge on any atom is -0.445 e. The van der Waals surface area contributed by atoms with Gasteiger partial charge in [-0.25, -0.2) is 9.18 Å². The van der Waals surface area contributed by atoms with E-state index < -0.39 is 16.8 Å².